The van der Waals surface area contributed by atoms with E-state index < -0.39 is 11.2 Å². The lowest BCUT2D eigenvalue weighted by molar-refractivity contribution is -0.0359. The summed E-state index contributed by atoms with van der Waals surface area (Å²) < 4.78 is 11.3. The fourth-order valence-corrected chi connectivity index (χ4v) is 3.08. The van der Waals surface area contributed by atoms with E-state index >= 15 is 0 Å². The summed E-state index contributed by atoms with van der Waals surface area (Å²) in [5.41, 5.74) is -0.593. The first-order chi connectivity index (χ1) is 9.60. The molecule has 118 valence electrons. The van der Waals surface area contributed by atoms with E-state index in [1.807, 2.05) is 34.6 Å². The van der Waals surface area contributed by atoms with Crippen LogP contribution in [-0.4, -0.2) is 47.8 Å². The molecular formula is C16H25NO4. The van der Waals surface area contributed by atoms with Crippen LogP contribution in [0.3, 0.4) is 0 Å². The number of likely N-dealkylation sites (tertiary alicyclic amines) is 1. The number of amides is 1. The Morgan fingerprint density at radius 3 is 2.33 bits per heavy atom. The summed E-state index contributed by atoms with van der Waals surface area (Å²) in [6.45, 7) is 11.2. The molecule has 5 heteroatoms. The van der Waals surface area contributed by atoms with Crippen molar-refractivity contribution in [1.29, 1.82) is 0 Å². The van der Waals surface area contributed by atoms with E-state index in [-0.39, 0.29) is 11.5 Å². The second-order valence-electron chi connectivity index (χ2n) is 7.61. The number of piperidine rings is 1. The maximum Gasteiger partial charge on any atom is 0.410 e. The monoisotopic (exact) mass is 295 g/mol. The molecule has 2 heterocycles. The van der Waals surface area contributed by atoms with Gasteiger partial charge in [-0.15, -0.1) is 0 Å². The molecule has 0 aliphatic carbocycles. The van der Waals surface area contributed by atoms with Gasteiger partial charge in [0.25, 0.3) is 0 Å². The van der Waals surface area contributed by atoms with Crippen molar-refractivity contribution in [2.75, 3.05) is 19.7 Å². The quantitative estimate of drug-likeness (QED) is 0.645. The SMILES string of the molecule is CC(C)(C)OC(=O)N1CCC2(CC1)OCC(C)(C)C2=C=O. The molecule has 0 unspecified atom stereocenters. The number of hydrogen-bond acceptors (Lipinski definition) is 4. The first-order valence-corrected chi connectivity index (χ1v) is 7.48. The van der Waals surface area contributed by atoms with Gasteiger partial charge in [0, 0.05) is 18.5 Å². The highest BCUT2D eigenvalue weighted by Crippen LogP contribution is 2.48. The molecule has 2 saturated heterocycles. The lowest BCUT2D eigenvalue weighted by Gasteiger charge is -2.39. The van der Waals surface area contributed by atoms with Gasteiger partial charge < -0.3 is 14.4 Å². The standard InChI is InChI=1S/C16H25NO4/c1-14(2,3)21-13(19)17-8-6-16(7-9-17)12(10-18)15(4,5)11-20-16/h6-9,11H2,1-5H3. The maximum atomic E-state index is 12.1. The fraction of sp³-hybridized carbons (Fsp3) is 0.812. The van der Waals surface area contributed by atoms with Gasteiger partial charge in [-0.3, -0.25) is 0 Å². The highest BCUT2D eigenvalue weighted by Gasteiger charge is 2.52. The van der Waals surface area contributed by atoms with Crippen molar-refractivity contribution >= 4 is 12.0 Å². The number of carbonyl (C=O) groups is 1. The van der Waals surface area contributed by atoms with Crippen molar-refractivity contribution in [2.24, 2.45) is 5.41 Å². The molecule has 1 amide bonds. The molecule has 1 spiro atoms. The predicted octanol–water partition coefficient (Wildman–Crippen LogP) is 2.57. The van der Waals surface area contributed by atoms with Crippen LogP contribution in [-0.2, 0) is 14.3 Å². The summed E-state index contributed by atoms with van der Waals surface area (Å²) in [5.74, 6) is 2.10. The number of hydrogen-bond donors (Lipinski definition) is 0. The van der Waals surface area contributed by atoms with E-state index in [1.54, 1.807) is 4.90 Å². The minimum atomic E-state index is -0.538. The smallest absolute Gasteiger partial charge is 0.410 e. The molecule has 0 saturated carbocycles. The predicted molar refractivity (Wildman–Crippen MR) is 78.7 cm³/mol. The van der Waals surface area contributed by atoms with E-state index in [4.69, 9.17) is 9.47 Å². The molecule has 0 bridgehead atoms. The zero-order valence-corrected chi connectivity index (χ0v) is 13.6. The largest absolute Gasteiger partial charge is 0.444 e. The fourth-order valence-electron chi connectivity index (χ4n) is 3.08. The van der Waals surface area contributed by atoms with Crippen molar-refractivity contribution in [2.45, 2.75) is 58.7 Å². The van der Waals surface area contributed by atoms with Crippen LogP contribution in [0.2, 0.25) is 0 Å². The Morgan fingerprint density at radius 1 is 1.29 bits per heavy atom. The lowest BCUT2D eigenvalue weighted by Crippen LogP contribution is -2.49. The van der Waals surface area contributed by atoms with E-state index in [1.165, 1.54) is 0 Å². The van der Waals surface area contributed by atoms with Crippen molar-refractivity contribution in [3.63, 3.8) is 0 Å². The minimum Gasteiger partial charge on any atom is -0.444 e. The molecule has 0 radical (unpaired) electrons. The number of nitrogens with zero attached hydrogens (tertiary/aromatic N) is 1. The Morgan fingerprint density at radius 2 is 1.86 bits per heavy atom. The highest BCUT2D eigenvalue weighted by molar-refractivity contribution is 5.68. The van der Waals surface area contributed by atoms with Crippen molar-refractivity contribution in [3.8, 4) is 0 Å². The third-order valence-electron chi connectivity index (χ3n) is 4.17. The van der Waals surface area contributed by atoms with Crippen LogP contribution in [0.4, 0.5) is 4.79 Å². The summed E-state index contributed by atoms with van der Waals surface area (Å²) in [7, 11) is 0. The minimum absolute atomic E-state index is 0.268. The molecular weight excluding hydrogens is 270 g/mol. The first kappa shape index (κ1) is 16.1. The summed E-state index contributed by atoms with van der Waals surface area (Å²) in [4.78, 5) is 25.1. The molecule has 2 rings (SSSR count). The van der Waals surface area contributed by atoms with E-state index in [0.717, 1.165) is 0 Å². The lowest BCUT2D eigenvalue weighted by atomic mass is 9.75. The van der Waals surface area contributed by atoms with Crippen LogP contribution in [0.1, 0.15) is 47.5 Å². The Balaban J connectivity index is 2.04. The van der Waals surface area contributed by atoms with Gasteiger partial charge in [-0.25, -0.2) is 9.59 Å². The Bertz CT molecular complexity index is 475. The van der Waals surface area contributed by atoms with Gasteiger partial charge in [0.15, 0.2) is 0 Å². The summed E-state index contributed by atoms with van der Waals surface area (Å²) in [5, 5.41) is 0. The topological polar surface area (TPSA) is 55.8 Å². The van der Waals surface area contributed by atoms with Gasteiger partial charge >= 0.3 is 6.09 Å². The third-order valence-corrected chi connectivity index (χ3v) is 4.17. The molecule has 0 N–H and O–H groups in total. The van der Waals surface area contributed by atoms with Crippen LogP contribution < -0.4 is 0 Å². The van der Waals surface area contributed by atoms with Gasteiger partial charge in [0.2, 0.25) is 0 Å². The molecule has 2 aliphatic heterocycles. The van der Waals surface area contributed by atoms with E-state index in [2.05, 4.69) is 5.94 Å². The normalized spacial score (nSPS) is 24.0. The van der Waals surface area contributed by atoms with Crippen molar-refractivity contribution in [3.05, 3.63) is 5.57 Å². The Hall–Kier alpha value is -1.32. The zero-order chi connectivity index (χ0) is 15.9. The molecule has 2 fully saturated rings. The second-order valence-corrected chi connectivity index (χ2v) is 7.61. The summed E-state index contributed by atoms with van der Waals surface area (Å²) >= 11 is 0. The summed E-state index contributed by atoms with van der Waals surface area (Å²) in [6, 6.07) is 0. The average molecular weight is 295 g/mol. The van der Waals surface area contributed by atoms with Gasteiger partial charge in [-0.1, -0.05) is 13.8 Å². The molecule has 2 aliphatic rings. The molecule has 0 aromatic carbocycles. The number of ether oxygens (including phenoxy) is 2. The van der Waals surface area contributed by atoms with Gasteiger partial charge in [-0.2, -0.15) is 0 Å². The van der Waals surface area contributed by atoms with Crippen LogP contribution in [0.15, 0.2) is 5.57 Å². The Kier molecular flexibility index (Phi) is 3.94. The second kappa shape index (κ2) is 5.15. The van der Waals surface area contributed by atoms with Crippen LogP contribution >= 0.6 is 0 Å². The van der Waals surface area contributed by atoms with Crippen LogP contribution in [0, 0.1) is 5.41 Å². The van der Waals surface area contributed by atoms with Gasteiger partial charge in [0.05, 0.1) is 12.2 Å². The van der Waals surface area contributed by atoms with E-state index in [9.17, 15) is 9.59 Å². The van der Waals surface area contributed by atoms with Crippen LogP contribution in [0.5, 0.6) is 0 Å². The van der Waals surface area contributed by atoms with Gasteiger partial charge in [-0.05, 0) is 33.6 Å². The average Bonchev–Trinajstić information content (AvgIpc) is 2.59. The van der Waals surface area contributed by atoms with Gasteiger partial charge in [0.1, 0.15) is 17.1 Å². The van der Waals surface area contributed by atoms with E-state index in [0.29, 0.717) is 38.1 Å². The Labute approximate surface area is 126 Å². The zero-order valence-electron chi connectivity index (χ0n) is 13.6. The molecule has 0 atom stereocenters. The molecule has 5 nitrogen and oxygen atoms in total. The molecule has 0 aromatic rings. The maximum absolute atomic E-state index is 12.1. The number of carbonyl (C=O) groups excluding carboxylic acids is 2. The molecule has 0 aromatic heterocycles. The summed E-state index contributed by atoms with van der Waals surface area (Å²) in [6.07, 6.45) is 0.951. The van der Waals surface area contributed by atoms with Crippen LogP contribution in [0.25, 0.3) is 0 Å². The first-order valence-electron chi connectivity index (χ1n) is 7.48. The van der Waals surface area contributed by atoms with Crippen molar-refractivity contribution < 1.29 is 19.1 Å². The number of rotatable bonds is 0. The highest BCUT2D eigenvalue weighted by atomic mass is 16.6. The van der Waals surface area contributed by atoms with Crippen molar-refractivity contribution in [1.82, 2.24) is 4.90 Å². The molecule has 21 heavy (non-hydrogen) atoms. The third kappa shape index (κ3) is 3.14.